The number of carbonyl (C=O) groups excluding carboxylic acids is 2. The summed E-state index contributed by atoms with van der Waals surface area (Å²) < 4.78 is 0. The average molecular weight is 313 g/mol. The third-order valence-corrected chi connectivity index (χ3v) is 3.34. The molecule has 0 aliphatic rings. The second-order valence-electron chi connectivity index (χ2n) is 6.04. The van der Waals surface area contributed by atoms with Crippen molar-refractivity contribution in [2.24, 2.45) is 11.1 Å². The first-order valence-corrected chi connectivity index (χ1v) is 7.01. The molecule has 1 rings (SSSR count). The van der Waals surface area contributed by atoms with Crippen molar-refractivity contribution in [2.45, 2.75) is 39.3 Å². The normalized spacial score (nSPS) is 14.3. The summed E-state index contributed by atoms with van der Waals surface area (Å²) >= 11 is 5.76. The molecule has 4 N–H and O–H groups in total. The molecule has 0 aliphatic carbocycles. The molecule has 1 aromatic carbocycles. The number of benzene rings is 1. The predicted molar refractivity (Wildman–Crippen MR) is 81.6 cm³/mol. The maximum Gasteiger partial charge on any atom is 0.240 e. The van der Waals surface area contributed by atoms with Gasteiger partial charge in [-0.2, -0.15) is 0 Å². The molecular weight excluding hydrogens is 292 g/mol. The van der Waals surface area contributed by atoms with Crippen LogP contribution in [0.1, 0.15) is 38.9 Å². The Kier molecular flexibility index (Phi) is 5.75. The Hall–Kier alpha value is -1.59. The number of primary amides is 1. The van der Waals surface area contributed by atoms with Gasteiger partial charge in [0.05, 0.1) is 12.5 Å². The van der Waals surface area contributed by atoms with Crippen molar-refractivity contribution in [1.82, 2.24) is 5.32 Å². The minimum Gasteiger partial charge on any atom is -0.388 e. The van der Waals surface area contributed by atoms with Crippen LogP contribution >= 0.6 is 11.6 Å². The first-order valence-electron chi connectivity index (χ1n) is 6.63. The maximum atomic E-state index is 12.0. The number of halogens is 1. The molecule has 0 spiro atoms. The highest BCUT2D eigenvalue weighted by molar-refractivity contribution is 6.30. The van der Waals surface area contributed by atoms with Gasteiger partial charge in [-0.05, 0) is 23.1 Å². The van der Waals surface area contributed by atoms with Crippen LogP contribution in [0.5, 0.6) is 0 Å². The molecule has 0 aliphatic heterocycles. The van der Waals surface area contributed by atoms with E-state index in [1.165, 1.54) is 0 Å². The van der Waals surface area contributed by atoms with Gasteiger partial charge in [-0.15, -0.1) is 0 Å². The Morgan fingerprint density at radius 1 is 1.29 bits per heavy atom. The van der Waals surface area contributed by atoms with Crippen molar-refractivity contribution < 1.29 is 14.7 Å². The van der Waals surface area contributed by atoms with Gasteiger partial charge in [-0.3, -0.25) is 9.59 Å². The highest BCUT2D eigenvalue weighted by Crippen LogP contribution is 2.21. The highest BCUT2D eigenvalue weighted by atomic mass is 35.5. The minimum atomic E-state index is -0.962. The molecule has 0 saturated carbocycles. The predicted octanol–water partition coefficient (Wildman–Crippen LogP) is 1.78. The van der Waals surface area contributed by atoms with E-state index < -0.39 is 29.4 Å². The first kappa shape index (κ1) is 17.5. The fourth-order valence-electron chi connectivity index (χ4n) is 1.91. The molecule has 6 heteroatoms. The second kappa shape index (κ2) is 6.91. The molecule has 1 aromatic rings. The molecule has 0 saturated heterocycles. The summed E-state index contributed by atoms with van der Waals surface area (Å²) in [6.07, 6.45) is -1.11. The zero-order valence-electron chi connectivity index (χ0n) is 12.4. The SMILES string of the molecule is CC(C)(C)[C@H](NC(=O)CC(O)c1ccc(Cl)cc1)C(N)=O. The smallest absolute Gasteiger partial charge is 0.240 e. The van der Waals surface area contributed by atoms with Crippen LogP contribution in [0.4, 0.5) is 0 Å². The molecule has 0 radical (unpaired) electrons. The van der Waals surface area contributed by atoms with E-state index >= 15 is 0 Å². The van der Waals surface area contributed by atoms with Crippen LogP contribution < -0.4 is 11.1 Å². The van der Waals surface area contributed by atoms with Crippen molar-refractivity contribution in [3.05, 3.63) is 34.9 Å². The van der Waals surface area contributed by atoms with Crippen molar-refractivity contribution >= 4 is 23.4 Å². The number of amides is 2. The minimum absolute atomic E-state index is 0.151. The lowest BCUT2D eigenvalue weighted by Crippen LogP contribution is -2.52. The van der Waals surface area contributed by atoms with Crippen molar-refractivity contribution in [3.8, 4) is 0 Å². The van der Waals surface area contributed by atoms with Gasteiger partial charge in [0.15, 0.2) is 0 Å². The summed E-state index contributed by atoms with van der Waals surface area (Å²) in [5, 5.41) is 13.1. The third kappa shape index (κ3) is 5.36. The van der Waals surface area contributed by atoms with E-state index in [1.807, 2.05) is 0 Å². The molecule has 0 bridgehead atoms. The Morgan fingerprint density at radius 2 is 1.81 bits per heavy atom. The van der Waals surface area contributed by atoms with E-state index in [4.69, 9.17) is 17.3 Å². The number of nitrogens with one attached hydrogen (secondary N) is 1. The van der Waals surface area contributed by atoms with Gasteiger partial charge in [0.2, 0.25) is 11.8 Å². The molecule has 0 aromatic heterocycles. The van der Waals surface area contributed by atoms with E-state index in [0.29, 0.717) is 10.6 Å². The Bertz CT molecular complexity index is 509. The zero-order chi connectivity index (χ0) is 16.2. The van der Waals surface area contributed by atoms with Gasteiger partial charge in [0.25, 0.3) is 0 Å². The first-order chi connectivity index (χ1) is 9.61. The van der Waals surface area contributed by atoms with Gasteiger partial charge in [-0.25, -0.2) is 0 Å². The van der Waals surface area contributed by atoms with Crippen LogP contribution in [0.3, 0.4) is 0 Å². The summed E-state index contributed by atoms with van der Waals surface area (Å²) in [7, 11) is 0. The number of carbonyl (C=O) groups is 2. The standard InChI is InChI=1S/C15H21ClN2O3/c1-15(2,3)13(14(17)21)18-12(20)8-11(19)9-4-6-10(16)7-5-9/h4-7,11,13,19H,8H2,1-3H3,(H2,17,21)(H,18,20)/t11?,13-/m1/s1. The van der Waals surface area contributed by atoms with Crippen LogP contribution in [-0.4, -0.2) is 23.0 Å². The van der Waals surface area contributed by atoms with E-state index in [2.05, 4.69) is 5.32 Å². The summed E-state index contributed by atoms with van der Waals surface area (Å²) in [5.74, 6) is -1.03. The maximum absolute atomic E-state index is 12.0. The Morgan fingerprint density at radius 3 is 2.24 bits per heavy atom. The Labute approximate surface area is 129 Å². The molecule has 2 atom stereocenters. The van der Waals surface area contributed by atoms with Crippen molar-refractivity contribution in [3.63, 3.8) is 0 Å². The summed E-state index contributed by atoms with van der Waals surface area (Å²) in [6.45, 7) is 5.41. The van der Waals surface area contributed by atoms with Crippen LogP contribution in [0.2, 0.25) is 5.02 Å². The van der Waals surface area contributed by atoms with Crippen LogP contribution in [0.15, 0.2) is 24.3 Å². The van der Waals surface area contributed by atoms with Gasteiger partial charge in [0, 0.05) is 5.02 Å². The highest BCUT2D eigenvalue weighted by Gasteiger charge is 2.31. The Balaban J connectivity index is 2.68. The largest absolute Gasteiger partial charge is 0.388 e. The number of aliphatic hydroxyl groups excluding tert-OH is 1. The van der Waals surface area contributed by atoms with Crippen molar-refractivity contribution in [1.29, 1.82) is 0 Å². The van der Waals surface area contributed by atoms with Crippen LogP contribution in [0.25, 0.3) is 0 Å². The lowest BCUT2D eigenvalue weighted by Gasteiger charge is -2.29. The molecule has 1 unspecified atom stereocenters. The van der Waals surface area contributed by atoms with Crippen LogP contribution in [0, 0.1) is 5.41 Å². The zero-order valence-corrected chi connectivity index (χ0v) is 13.1. The molecular formula is C15H21ClN2O3. The summed E-state index contributed by atoms with van der Waals surface area (Å²) in [5.41, 5.74) is 5.39. The molecule has 0 fully saturated rings. The van der Waals surface area contributed by atoms with E-state index in [-0.39, 0.29) is 6.42 Å². The number of hydrogen-bond donors (Lipinski definition) is 3. The molecule has 116 valence electrons. The molecule has 21 heavy (non-hydrogen) atoms. The van der Waals surface area contributed by atoms with Gasteiger partial charge in [0.1, 0.15) is 6.04 Å². The van der Waals surface area contributed by atoms with Gasteiger partial charge >= 0.3 is 0 Å². The van der Waals surface area contributed by atoms with Gasteiger partial charge in [-0.1, -0.05) is 44.5 Å². The van der Waals surface area contributed by atoms with Gasteiger partial charge < -0.3 is 16.2 Å². The third-order valence-electron chi connectivity index (χ3n) is 3.09. The van der Waals surface area contributed by atoms with E-state index in [0.717, 1.165) is 0 Å². The molecule has 2 amide bonds. The lowest BCUT2D eigenvalue weighted by molar-refractivity contribution is -0.130. The molecule has 0 heterocycles. The number of hydrogen-bond acceptors (Lipinski definition) is 3. The molecule has 5 nitrogen and oxygen atoms in total. The van der Waals surface area contributed by atoms with Crippen LogP contribution in [-0.2, 0) is 9.59 Å². The van der Waals surface area contributed by atoms with Crippen molar-refractivity contribution in [2.75, 3.05) is 0 Å². The average Bonchev–Trinajstić information content (AvgIpc) is 2.35. The topological polar surface area (TPSA) is 92.4 Å². The second-order valence-corrected chi connectivity index (χ2v) is 6.48. The quantitative estimate of drug-likeness (QED) is 0.773. The summed E-state index contributed by atoms with van der Waals surface area (Å²) in [4.78, 5) is 23.4. The van der Waals surface area contributed by atoms with E-state index in [9.17, 15) is 14.7 Å². The van der Waals surface area contributed by atoms with E-state index in [1.54, 1.807) is 45.0 Å². The fraction of sp³-hybridized carbons (Fsp3) is 0.467. The number of nitrogens with two attached hydrogens (primary N) is 1. The number of aliphatic hydroxyl groups is 1. The summed E-state index contributed by atoms with van der Waals surface area (Å²) in [6, 6.07) is 5.78. The monoisotopic (exact) mass is 312 g/mol. The lowest BCUT2D eigenvalue weighted by atomic mass is 9.86. The fourth-order valence-corrected chi connectivity index (χ4v) is 2.04. The number of rotatable bonds is 5.